The zero-order valence-corrected chi connectivity index (χ0v) is 16.0. The molecule has 140 valence electrons. The maximum Gasteiger partial charge on any atom is 0.271 e. The van der Waals surface area contributed by atoms with Crippen LogP contribution in [-0.4, -0.2) is 36.7 Å². The first-order chi connectivity index (χ1) is 12.5. The van der Waals surface area contributed by atoms with E-state index in [9.17, 15) is 13.2 Å². The smallest absolute Gasteiger partial charge is 0.271 e. The summed E-state index contributed by atoms with van der Waals surface area (Å²) in [6.45, 7) is 1.50. The number of hydrogen-bond donors (Lipinski definition) is 2. The SMILES string of the molecule is NCc1nc(C(=O)NCc2ccccc2S(=O)(=O)N2CCCCC2)cs1. The highest BCUT2D eigenvalue weighted by Crippen LogP contribution is 2.23. The number of hydrogen-bond acceptors (Lipinski definition) is 6. The van der Waals surface area contributed by atoms with Gasteiger partial charge < -0.3 is 11.1 Å². The molecule has 1 aliphatic heterocycles. The van der Waals surface area contributed by atoms with Gasteiger partial charge in [-0.2, -0.15) is 4.31 Å². The molecule has 0 radical (unpaired) electrons. The molecule has 2 heterocycles. The van der Waals surface area contributed by atoms with E-state index in [4.69, 9.17) is 5.73 Å². The maximum atomic E-state index is 13.0. The van der Waals surface area contributed by atoms with Gasteiger partial charge in [0.1, 0.15) is 10.7 Å². The molecular weight excluding hydrogens is 372 g/mol. The van der Waals surface area contributed by atoms with Gasteiger partial charge in [-0.1, -0.05) is 24.6 Å². The summed E-state index contributed by atoms with van der Waals surface area (Å²) in [5.41, 5.74) is 6.38. The van der Waals surface area contributed by atoms with Gasteiger partial charge in [-0.25, -0.2) is 13.4 Å². The van der Waals surface area contributed by atoms with Gasteiger partial charge in [0.25, 0.3) is 5.91 Å². The van der Waals surface area contributed by atoms with Crippen LogP contribution in [0, 0.1) is 0 Å². The molecule has 0 bridgehead atoms. The van der Waals surface area contributed by atoms with Crippen molar-refractivity contribution in [3.05, 3.63) is 45.9 Å². The molecule has 0 unspecified atom stereocenters. The van der Waals surface area contributed by atoms with Crippen molar-refractivity contribution in [3.8, 4) is 0 Å². The lowest BCUT2D eigenvalue weighted by Crippen LogP contribution is -2.36. The second-order valence-electron chi connectivity index (χ2n) is 6.09. The third kappa shape index (κ3) is 4.12. The Bertz CT molecular complexity index is 874. The number of thiazole rings is 1. The van der Waals surface area contributed by atoms with Crippen LogP contribution in [0.1, 0.15) is 40.3 Å². The minimum Gasteiger partial charge on any atom is -0.347 e. The van der Waals surface area contributed by atoms with E-state index in [1.165, 1.54) is 15.6 Å². The fraction of sp³-hybridized carbons (Fsp3) is 0.412. The highest BCUT2D eigenvalue weighted by atomic mass is 32.2. The predicted molar refractivity (Wildman–Crippen MR) is 100 cm³/mol. The molecule has 0 atom stereocenters. The number of nitrogens with one attached hydrogen (secondary N) is 1. The number of nitrogens with zero attached hydrogens (tertiary/aromatic N) is 2. The van der Waals surface area contributed by atoms with E-state index in [-0.39, 0.29) is 23.9 Å². The topological polar surface area (TPSA) is 105 Å². The molecule has 3 rings (SSSR count). The van der Waals surface area contributed by atoms with Gasteiger partial charge >= 0.3 is 0 Å². The highest BCUT2D eigenvalue weighted by Gasteiger charge is 2.28. The molecule has 1 saturated heterocycles. The van der Waals surface area contributed by atoms with Crippen molar-refractivity contribution in [2.45, 2.75) is 37.2 Å². The fourth-order valence-corrected chi connectivity index (χ4v) is 5.31. The molecule has 1 aliphatic rings. The number of nitrogens with two attached hydrogens (primary N) is 1. The molecule has 3 N–H and O–H groups in total. The number of rotatable bonds is 6. The Morgan fingerprint density at radius 3 is 2.65 bits per heavy atom. The average Bonchev–Trinajstić information content (AvgIpc) is 3.16. The molecule has 1 aromatic carbocycles. The molecule has 1 amide bonds. The van der Waals surface area contributed by atoms with Crippen LogP contribution < -0.4 is 11.1 Å². The normalized spacial score (nSPS) is 15.7. The minimum atomic E-state index is -3.55. The Kier molecular flexibility index (Phi) is 6.02. The fourth-order valence-electron chi connectivity index (χ4n) is 2.92. The van der Waals surface area contributed by atoms with E-state index in [0.29, 0.717) is 29.4 Å². The number of carbonyl (C=O) groups excluding carboxylic acids is 1. The Morgan fingerprint density at radius 1 is 1.23 bits per heavy atom. The van der Waals surface area contributed by atoms with E-state index >= 15 is 0 Å². The lowest BCUT2D eigenvalue weighted by Gasteiger charge is -2.26. The van der Waals surface area contributed by atoms with Crippen LogP contribution in [0.15, 0.2) is 34.5 Å². The molecule has 1 aromatic heterocycles. The van der Waals surface area contributed by atoms with Crippen LogP contribution in [-0.2, 0) is 23.1 Å². The van der Waals surface area contributed by atoms with Crippen molar-refractivity contribution in [1.29, 1.82) is 0 Å². The number of benzene rings is 1. The highest BCUT2D eigenvalue weighted by molar-refractivity contribution is 7.89. The molecule has 0 aliphatic carbocycles. The van der Waals surface area contributed by atoms with Gasteiger partial charge in [-0.15, -0.1) is 11.3 Å². The molecule has 0 spiro atoms. The van der Waals surface area contributed by atoms with Crippen LogP contribution >= 0.6 is 11.3 Å². The Hall–Kier alpha value is -1.81. The van der Waals surface area contributed by atoms with Gasteiger partial charge in [-0.05, 0) is 24.5 Å². The maximum absolute atomic E-state index is 13.0. The summed E-state index contributed by atoms with van der Waals surface area (Å²) in [5.74, 6) is -0.342. The zero-order chi connectivity index (χ0) is 18.6. The van der Waals surface area contributed by atoms with E-state index < -0.39 is 10.0 Å². The third-order valence-corrected chi connectivity index (χ3v) is 7.17. The van der Waals surface area contributed by atoms with Crippen molar-refractivity contribution in [3.63, 3.8) is 0 Å². The molecule has 1 fully saturated rings. The third-order valence-electron chi connectivity index (χ3n) is 4.30. The molecule has 0 saturated carbocycles. The lowest BCUT2D eigenvalue weighted by atomic mass is 10.2. The second-order valence-corrected chi connectivity index (χ2v) is 8.93. The Morgan fingerprint density at radius 2 is 1.96 bits per heavy atom. The molecule has 7 nitrogen and oxygen atoms in total. The average molecular weight is 395 g/mol. The number of sulfonamides is 1. The van der Waals surface area contributed by atoms with Gasteiger partial charge in [0, 0.05) is 31.6 Å². The standard InChI is InChI=1S/C17H22N4O3S2/c18-10-16-20-14(12-25-16)17(22)19-11-13-6-2-3-7-15(13)26(23,24)21-8-4-1-5-9-21/h2-3,6-7,12H,1,4-5,8-11,18H2,(H,19,22). The zero-order valence-electron chi connectivity index (χ0n) is 14.3. The Labute approximate surface area is 157 Å². The first-order valence-corrected chi connectivity index (χ1v) is 10.8. The minimum absolute atomic E-state index is 0.123. The van der Waals surface area contributed by atoms with Gasteiger partial charge in [0.05, 0.1) is 4.90 Å². The summed E-state index contributed by atoms with van der Waals surface area (Å²) in [5, 5.41) is 5.08. The van der Waals surface area contributed by atoms with Gasteiger partial charge in [0.2, 0.25) is 10.0 Å². The monoisotopic (exact) mass is 394 g/mol. The number of aromatic nitrogens is 1. The van der Waals surface area contributed by atoms with E-state index in [0.717, 1.165) is 19.3 Å². The molecule has 9 heteroatoms. The van der Waals surface area contributed by atoms with Crippen LogP contribution in [0.2, 0.25) is 0 Å². The summed E-state index contributed by atoms with van der Waals surface area (Å²) in [6.07, 6.45) is 2.82. The van der Waals surface area contributed by atoms with E-state index in [1.807, 2.05) is 0 Å². The van der Waals surface area contributed by atoms with Gasteiger partial charge in [0.15, 0.2) is 0 Å². The number of carbonyl (C=O) groups is 1. The Balaban J connectivity index is 1.75. The lowest BCUT2D eigenvalue weighted by molar-refractivity contribution is 0.0946. The van der Waals surface area contributed by atoms with Crippen molar-refractivity contribution >= 4 is 27.3 Å². The molecule has 26 heavy (non-hydrogen) atoms. The molecule has 2 aromatic rings. The van der Waals surface area contributed by atoms with Crippen LogP contribution in [0.4, 0.5) is 0 Å². The quantitative estimate of drug-likeness (QED) is 0.776. The first-order valence-electron chi connectivity index (χ1n) is 8.53. The number of amides is 1. The van der Waals surface area contributed by atoms with Crippen molar-refractivity contribution in [1.82, 2.24) is 14.6 Å². The summed E-state index contributed by atoms with van der Waals surface area (Å²) in [7, 11) is -3.55. The summed E-state index contributed by atoms with van der Waals surface area (Å²) < 4.78 is 27.4. The number of piperidine rings is 1. The predicted octanol–water partition coefficient (Wildman–Crippen LogP) is 1.71. The summed E-state index contributed by atoms with van der Waals surface area (Å²) >= 11 is 1.33. The van der Waals surface area contributed by atoms with Crippen LogP contribution in [0.3, 0.4) is 0 Å². The van der Waals surface area contributed by atoms with Gasteiger partial charge in [-0.3, -0.25) is 4.79 Å². The second kappa shape index (κ2) is 8.26. The largest absolute Gasteiger partial charge is 0.347 e. The van der Waals surface area contributed by atoms with E-state index in [1.54, 1.807) is 29.6 Å². The first kappa shape index (κ1) is 19.0. The van der Waals surface area contributed by atoms with Crippen LogP contribution in [0.25, 0.3) is 0 Å². The van der Waals surface area contributed by atoms with Crippen molar-refractivity contribution < 1.29 is 13.2 Å². The molecular formula is C17H22N4O3S2. The summed E-state index contributed by atoms with van der Waals surface area (Å²) in [4.78, 5) is 16.6. The van der Waals surface area contributed by atoms with Crippen molar-refractivity contribution in [2.75, 3.05) is 13.1 Å². The summed E-state index contributed by atoms with van der Waals surface area (Å²) in [6, 6.07) is 6.80. The van der Waals surface area contributed by atoms with E-state index in [2.05, 4.69) is 10.3 Å². The van der Waals surface area contributed by atoms with Crippen LogP contribution in [0.5, 0.6) is 0 Å². The van der Waals surface area contributed by atoms with Crippen molar-refractivity contribution in [2.24, 2.45) is 5.73 Å².